The number of ether oxygens (including phenoxy) is 3. The van der Waals surface area contributed by atoms with Crippen LogP contribution in [0.1, 0.15) is 30.0 Å². The molecule has 1 aromatic carbocycles. The highest BCUT2D eigenvalue weighted by Crippen LogP contribution is 2.30. The van der Waals surface area contributed by atoms with Crippen LogP contribution in [-0.4, -0.2) is 38.3 Å². The maximum atomic E-state index is 12.8. The van der Waals surface area contributed by atoms with Crippen LogP contribution in [0.25, 0.3) is 0 Å². The Morgan fingerprint density at radius 2 is 2.00 bits per heavy atom. The number of nitrogens with zero attached hydrogens (tertiary/aromatic N) is 1. The van der Waals surface area contributed by atoms with Crippen LogP contribution in [0, 0.1) is 5.92 Å². The highest BCUT2D eigenvalue weighted by molar-refractivity contribution is 5.79. The fourth-order valence-corrected chi connectivity index (χ4v) is 3.48. The van der Waals surface area contributed by atoms with Gasteiger partial charge in [0, 0.05) is 25.6 Å². The molecule has 0 radical (unpaired) electrons. The van der Waals surface area contributed by atoms with Gasteiger partial charge in [-0.15, -0.1) is 0 Å². The van der Waals surface area contributed by atoms with Crippen molar-refractivity contribution in [2.24, 2.45) is 5.92 Å². The van der Waals surface area contributed by atoms with Crippen molar-refractivity contribution < 1.29 is 19.0 Å². The number of carbonyl (C=O) groups excluding carboxylic acids is 1. The second kappa shape index (κ2) is 9.37. The molecule has 1 unspecified atom stereocenters. The molecule has 1 amide bonds. The first-order valence-electron chi connectivity index (χ1n) is 9.19. The largest absolute Gasteiger partial charge is 0.493 e. The first-order chi connectivity index (χ1) is 13.2. The summed E-state index contributed by atoms with van der Waals surface area (Å²) in [4.78, 5) is 17.0. The molecule has 1 saturated heterocycles. The Kier molecular flexibility index (Phi) is 6.65. The van der Waals surface area contributed by atoms with Crippen LogP contribution >= 0.6 is 0 Å². The maximum absolute atomic E-state index is 12.8. The topological polar surface area (TPSA) is 69.7 Å². The van der Waals surface area contributed by atoms with E-state index in [9.17, 15) is 4.79 Å². The van der Waals surface area contributed by atoms with Gasteiger partial charge in [0.05, 0.1) is 26.7 Å². The van der Waals surface area contributed by atoms with Gasteiger partial charge in [0.2, 0.25) is 5.91 Å². The maximum Gasteiger partial charge on any atom is 0.224 e. The number of nitrogens with one attached hydrogen (secondary N) is 1. The van der Waals surface area contributed by atoms with Gasteiger partial charge in [-0.05, 0) is 48.1 Å². The molecule has 1 aliphatic heterocycles. The number of carbonyl (C=O) groups is 1. The Bertz CT molecular complexity index is 745. The van der Waals surface area contributed by atoms with E-state index in [-0.39, 0.29) is 18.4 Å². The Hall–Kier alpha value is -2.60. The molecule has 0 spiro atoms. The van der Waals surface area contributed by atoms with Gasteiger partial charge in [-0.2, -0.15) is 0 Å². The Morgan fingerprint density at radius 3 is 2.67 bits per heavy atom. The summed E-state index contributed by atoms with van der Waals surface area (Å²) in [5, 5.41) is 3.21. The van der Waals surface area contributed by atoms with E-state index in [4.69, 9.17) is 14.2 Å². The van der Waals surface area contributed by atoms with Crippen LogP contribution in [0.3, 0.4) is 0 Å². The molecule has 1 atom stereocenters. The van der Waals surface area contributed by atoms with Gasteiger partial charge in [0.25, 0.3) is 0 Å². The van der Waals surface area contributed by atoms with Crippen LogP contribution in [0.15, 0.2) is 42.7 Å². The summed E-state index contributed by atoms with van der Waals surface area (Å²) in [6.07, 6.45) is 5.71. The summed E-state index contributed by atoms with van der Waals surface area (Å²) in [7, 11) is 3.18. The molecule has 1 N–H and O–H groups in total. The second-order valence-corrected chi connectivity index (χ2v) is 6.65. The monoisotopic (exact) mass is 370 g/mol. The van der Waals surface area contributed by atoms with Crippen molar-refractivity contribution in [1.29, 1.82) is 0 Å². The van der Waals surface area contributed by atoms with Crippen LogP contribution in [-0.2, 0) is 16.0 Å². The minimum absolute atomic E-state index is 0.0254. The molecule has 2 aromatic rings. The molecule has 0 saturated carbocycles. The molecule has 1 aliphatic rings. The van der Waals surface area contributed by atoms with E-state index in [1.807, 2.05) is 36.5 Å². The summed E-state index contributed by atoms with van der Waals surface area (Å²) in [5.41, 5.74) is 1.91. The highest BCUT2D eigenvalue weighted by Gasteiger charge is 2.27. The van der Waals surface area contributed by atoms with Crippen molar-refractivity contribution in [3.8, 4) is 11.5 Å². The predicted octanol–water partition coefficient (Wildman–Crippen LogP) is 2.93. The summed E-state index contributed by atoms with van der Waals surface area (Å²) in [6.45, 7) is 1.46. The van der Waals surface area contributed by atoms with Crippen LogP contribution in [0.4, 0.5) is 0 Å². The van der Waals surface area contributed by atoms with Crippen molar-refractivity contribution in [3.63, 3.8) is 0 Å². The molecule has 6 nitrogen and oxygen atoms in total. The molecule has 27 heavy (non-hydrogen) atoms. The fraction of sp³-hybridized carbons (Fsp3) is 0.429. The summed E-state index contributed by atoms with van der Waals surface area (Å²) in [6, 6.07) is 9.40. The van der Waals surface area contributed by atoms with Gasteiger partial charge >= 0.3 is 0 Å². The standard InChI is InChI=1S/C21H26N2O4/c1-25-18-6-5-15(12-19(18)26-2)13-20(24)23-21(16-7-10-27-11-8-16)17-4-3-9-22-14-17/h3-6,9,12,14,16,21H,7-8,10-11,13H2,1-2H3,(H,23,24). The van der Waals surface area contributed by atoms with Crippen LogP contribution in [0.5, 0.6) is 11.5 Å². The first-order valence-corrected chi connectivity index (χ1v) is 9.19. The van der Waals surface area contributed by atoms with Crippen molar-refractivity contribution in [1.82, 2.24) is 10.3 Å². The van der Waals surface area contributed by atoms with E-state index in [0.29, 0.717) is 17.4 Å². The number of hydrogen-bond acceptors (Lipinski definition) is 5. The SMILES string of the molecule is COc1ccc(CC(=O)NC(c2cccnc2)C2CCOCC2)cc1OC. The molecule has 0 bridgehead atoms. The van der Waals surface area contributed by atoms with Gasteiger partial charge in [0.1, 0.15) is 0 Å². The van der Waals surface area contributed by atoms with E-state index in [0.717, 1.165) is 37.2 Å². The van der Waals surface area contributed by atoms with Crippen molar-refractivity contribution >= 4 is 5.91 Å². The van der Waals surface area contributed by atoms with E-state index >= 15 is 0 Å². The number of pyridine rings is 1. The number of rotatable bonds is 7. The molecular weight excluding hydrogens is 344 g/mol. The molecule has 2 heterocycles. The number of aromatic nitrogens is 1. The normalized spacial score (nSPS) is 15.8. The van der Waals surface area contributed by atoms with E-state index in [1.54, 1.807) is 20.4 Å². The zero-order valence-electron chi connectivity index (χ0n) is 15.8. The van der Waals surface area contributed by atoms with Gasteiger partial charge in [-0.1, -0.05) is 12.1 Å². The third kappa shape index (κ3) is 4.98. The molecule has 0 aliphatic carbocycles. The average molecular weight is 370 g/mol. The summed E-state index contributed by atoms with van der Waals surface area (Å²) in [5.74, 6) is 1.59. The Morgan fingerprint density at radius 1 is 1.22 bits per heavy atom. The lowest BCUT2D eigenvalue weighted by Gasteiger charge is -2.31. The Balaban J connectivity index is 1.72. The van der Waals surface area contributed by atoms with Gasteiger partial charge in [-0.3, -0.25) is 9.78 Å². The van der Waals surface area contributed by atoms with Crippen LogP contribution in [0.2, 0.25) is 0 Å². The zero-order valence-corrected chi connectivity index (χ0v) is 15.8. The molecular formula is C21H26N2O4. The predicted molar refractivity (Wildman–Crippen MR) is 102 cm³/mol. The molecule has 1 aromatic heterocycles. The van der Waals surface area contributed by atoms with Gasteiger partial charge < -0.3 is 19.5 Å². The number of amides is 1. The Labute approximate surface area is 159 Å². The number of hydrogen-bond donors (Lipinski definition) is 1. The van der Waals surface area contributed by atoms with E-state index < -0.39 is 0 Å². The van der Waals surface area contributed by atoms with E-state index in [2.05, 4.69) is 10.3 Å². The average Bonchev–Trinajstić information content (AvgIpc) is 2.73. The van der Waals surface area contributed by atoms with Gasteiger partial charge in [0.15, 0.2) is 11.5 Å². The smallest absolute Gasteiger partial charge is 0.224 e. The number of benzene rings is 1. The summed E-state index contributed by atoms with van der Waals surface area (Å²) >= 11 is 0. The zero-order chi connectivity index (χ0) is 19.1. The lowest BCUT2D eigenvalue weighted by atomic mass is 9.87. The molecule has 1 fully saturated rings. The second-order valence-electron chi connectivity index (χ2n) is 6.65. The highest BCUT2D eigenvalue weighted by atomic mass is 16.5. The third-order valence-corrected chi connectivity index (χ3v) is 4.91. The molecule has 6 heteroatoms. The first kappa shape index (κ1) is 19.2. The molecule has 144 valence electrons. The van der Waals surface area contributed by atoms with Crippen molar-refractivity contribution in [3.05, 3.63) is 53.9 Å². The molecule has 3 rings (SSSR count). The lowest BCUT2D eigenvalue weighted by Crippen LogP contribution is -2.36. The summed E-state index contributed by atoms with van der Waals surface area (Å²) < 4.78 is 16.1. The minimum atomic E-state index is -0.0600. The van der Waals surface area contributed by atoms with Crippen LogP contribution < -0.4 is 14.8 Å². The van der Waals surface area contributed by atoms with E-state index in [1.165, 1.54) is 0 Å². The van der Waals surface area contributed by atoms with Crippen molar-refractivity contribution in [2.75, 3.05) is 27.4 Å². The fourth-order valence-electron chi connectivity index (χ4n) is 3.48. The lowest BCUT2D eigenvalue weighted by molar-refractivity contribution is -0.121. The van der Waals surface area contributed by atoms with Crippen molar-refractivity contribution in [2.45, 2.75) is 25.3 Å². The quantitative estimate of drug-likeness (QED) is 0.812. The number of methoxy groups -OCH3 is 2. The minimum Gasteiger partial charge on any atom is -0.493 e. The van der Waals surface area contributed by atoms with Gasteiger partial charge in [-0.25, -0.2) is 0 Å². The third-order valence-electron chi connectivity index (χ3n) is 4.91.